The third kappa shape index (κ3) is 5.41. The SMILES string of the molecule is COc1ccc(-n2c(Cc3cc(=O)[nH]c(=O)[nH]3)nnc2SCC(=O)c2ccc(Cl)cc2)cc1. The molecule has 0 aliphatic heterocycles. The lowest BCUT2D eigenvalue weighted by Gasteiger charge is -2.11. The number of nitrogens with zero attached hydrogens (tertiary/aromatic N) is 3. The molecule has 2 aromatic carbocycles. The minimum atomic E-state index is -0.601. The second-order valence-electron chi connectivity index (χ2n) is 6.94. The molecule has 0 spiro atoms. The van der Waals surface area contributed by atoms with Gasteiger partial charge in [-0.1, -0.05) is 23.4 Å². The summed E-state index contributed by atoms with van der Waals surface area (Å²) >= 11 is 7.13. The van der Waals surface area contributed by atoms with E-state index in [4.69, 9.17) is 16.3 Å². The Morgan fingerprint density at radius 1 is 1.06 bits per heavy atom. The van der Waals surface area contributed by atoms with Crippen molar-refractivity contribution in [3.05, 3.63) is 97.5 Å². The molecule has 0 amide bonds. The van der Waals surface area contributed by atoms with Crippen molar-refractivity contribution in [3.8, 4) is 11.4 Å². The van der Waals surface area contributed by atoms with Crippen LogP contribution in [0.2, 0.25) is 5.02 Å². The zero-order valence-electron chi connectivity index (χ0n) is 17.4. The second kappa shape index (κ2) is 9.88. The molecule has 0 aliphatic carbocycles. The van der Waals surface area contributed by atoms with Gasteiger partial charge in [-0.2, -0.15) is 0 Å². The van der Waals surface area contributed by atoms with Crippen LogP contribution in [0.3, 0.4) is 0 Å². The van der Waals surface area contributed by atoms with Gasteiger partial charge in [0.25, 0.3) is 5.56 Å². The van der Waals surface area contributed by atoms with E-state index in [0.717, 1.165) is 5.69 Å². The standard InChI is InChI=1S/C22H18ClN5O4S/c1-32-17-8-6-16(7-9-17)28-19(10-15-11-20(30)25-21(31)24-15)26-27-22(28)33-12-18(29)13-2-4-14(23)5-3-13/h2-9,11H,10,12H2,1H3,(H2,24,25,30,31). The third-order valence-electron chi connectivity index (χ3n) is 4.69. The first-order valence-corrected chi connectivity index (χ1v) is 11.1. The van der Waals surface area contributed by atoms with Crippen LogP contribution >= 0.6 is 23.4 Å². The van der Waals surface area contributed by atoms with Crippen molar-refractivity contribution in [1.29, 1.82) is 0 Å². The molecule has 2 aromatic heterocycles. The highest BCUT2D eigenvalue weighted by molar-refractivity contribution is 7.99. The summed E-state index contributed by atoms with van der Waals surface area (Å²) in [6, 6.07) is 15.2. The predicted molar refractivity (Wildman–Crippen MR) is 125 cm³/mol. The molecule has 4 aromatic rings. The Morgan fingerprint density at radius 2 is 1.79 bits per heavy atom. The van der Waals surface area contributed by atoms with E-state index >= 15 is 0 Å². The van der Waals surface area contributed by atoms with Crippen molar-refractivity contribution in [1.82, 2.24) is 24.7 Å². The van der Waals surface area contributed by atoms with Crippen LogP contribution < -0.4 is 16.0 Å². The number of hydrogen-bond donors (Lipinski definition) is 2. The first kappa shape index (κ1) is 22.6. The number of aromatic amines is 2. The molecule has 0 saturated carbocycles. The van der Waals surface area contributed by atoms with Gasteiger partial charge in [-0.05, 0) is 48.5 Å². The highest BCUT2D eigenvalue weighted by atomic mass is 35.5. The molecular weight excluding hydrogens is 466 g/mol. The van der Waals surface area contributed by atoms with E-state index in [1.54, 1.807) is 48.1 Å². The number of aromatic nitrogens is 5. The molecule has 9 nitrogen and oxygen atoms in total. The van der Waals surface area contributed by atoms with Crippen LogP contribution in [0.15, 0.2) is 69.3 Å². The third-order valence-corrected chi connectivity index (χ3v) is 5.88. The number of hydrogen-bond acceptors (Lipinski definition) is 7. The lowest BCUT2D eigenvalue weighted by molar-refractivity contribution is 0.102. The maximum absolute atomic E-state index is 12.6. The molecule has 0 bridgehead atoms. The maximum Gasteiger partial charge on any atom is 0.325 e. The number of benzene rings is 2. The zero-order valence-corrected chi connectivity index (χ0v) is 18.9. The maximum atomic E-state index is 12.6. The second-order valence-corrected chi connectivity index (χ2v) is 8.32. The Balaban J connectivity index is 1.65. The molecule has 0 unspecified atom stereocenters. The Morgan fingerprint density at radius 3 is 2.45 bits per heavy atom. The summed E-state index contributed by atoms with van der Waals surface area (Å²) in [5.74, 6) is 1.22. The summed E-state index contributed by atoms with van der Waals surface area (Å²) in [6.07, 6.45) is 0.157. The number of halogens is 1. The monoisotopic (exact) mass is 483 g/mol. The average molecular weight is 484 g/mol. The summed E-state index contributed by atoms with van der Waals surface area (Å²) in [5, 5.41) is 9.55. The van der Waals surface area contributed by atoms with Gasteiger partial charge in [-0.25, -0.2) is 4.79 Å². The Labute approximate surface area is 196 Å². The molecule has 4 rings (SSSR count). The van der Waals surface area contributed by atoms with Gasteiger partial charge in [-0.3, -0.25) is 19.1 Å². The lowest BCUT2D eigenvalue weighted by Crippen LogP contribution is -2.23. The Kier molecular flexibility index (Phi) is 6.76. The predicted octanol–water partition coefficient (Wildman–Crippen LogP) is 2.87. The summed E-state index contributed by atoms with van der Waals surface area (Å²) in [4.78, 5) is 40.7. The zero-order chi connectivity index (χ0) is 23.4. The smallest absolute Gasteiger partial charge is 0.325 e. The number of rotatable bonds is 8. The fourth-order valence-electron chi connectivity index (χ4n) is 3.13. The largest absolute Gasteiger partial charge is 0.497 e. The number of Topliss-reactive ketones (excluding diaryl/α,β-unsaturated/α-hetero) is 1. The van der Waals surface area contributed by atoms with Crippen molar-refractivity contribution >= 4 is 29.1 Å². The number of carbonyl (C=O) groups excluding carboxylic acids is 1. The molecule has 2 heterocycles. The van der Waals surface area contributed by atoms with Crippen LogP contribution in [-0.2, 0) is 6.42 Å². The number of H-pyrrole nitrogens is 2. The van der Waals surface area contributed by atoms with E-state index < -0.39 is 11.2 Å². The molecule has 0 atom stereocenters. The quantitative estimate of drug-likeness (QED) is 0.292. The van der Waals surface area contributed by atoms with E-state index in [-0.39, 0.29) is 18.0 Å². The number of thioether (sulfide) groups is 1. The van der Waals surface area contributed by atoms with Crippen molar-refractivity contribution in [2.24, 2.45) is 0 Å². The van der Waals surface area contributed by atoms with Crippen LogP contribution in [0.1, 0.15) is 21.9 Å². The molecule has 2 N–H and O–H groups in total. The minimum absolute atomic E-state index is 0.0820. The van der Waals surface area contributed by atoms with Crippen LogP contribution in [-0.4, -0.2) is 43.4 Å². The fourth-order valence-corrected chi connectivity index (χ4v) is 4.12. The highest BCUT2D eigenvalue weighted by Crippen LogP contribution is 2.25. The normalized spacial score (nSPS) is 10.8. The van der Waals surface area contributed by atoms with Gasteiger partial charge < -0.3 is 9.72 Å². The number of nitrogens with one attached hydrogen (secondary N) is 2. The Bertz CT molecular complexity index is 1370. The van der Waals surface area contributed by atoms with Gasteiger partial charge in [0.05, 0.1) is 12.9 Å². The van der Waals surface area contributed by atoms with Crippen molar-refractivity contribution < 1.29 is 9.53 Å². The topological polar surface area (TPSA) is 123 Å². The molecule has 0 saturated heterocycles. The van der Waals surface area contributed by atoms with Crippen molar-refractivity contribution in [2.45, 2.75) is 11.6 Å². The average Bonchev–Trinajstić information content (AvgIpc) is 3.19. The minimum Gasteiger partial charge on any atom is -0.497 e. The van der Waals surface area contributed by atoms with E-state index in [0.29, 0.717) is 33.0 Å². The van der Waals surface area contributed by atoms with Crippen LogP contribution in [0, 0.1) is 0 Å². The number of ketones is 1. The van der Waals surface area contributed by atoms with E-state index in [9.17, 15) is 14.4 Å². The van der Waals surface area contributed by atoms with Gasteiger partial charge in [-0.15, -0.1) is 10.2 Å². The van der Waals surface area contributed by atoms with Crippen molar-refractivity contribution in [3.63, 3.8) is 0 Å². The molecule has 0 radical (unpaired) electrons. The Hall–Kier alpha value is -3.63. The molecule has 168 valence electrons. The van der Waals surface area contributed by atoms with E-state index in [1.165, 1.54) is 17.8 Å². The molecule has 0 aliphatic rings. The van der Waals surface area contributed by atoms with Crippen LogP contribution in [0.4, 0.5) is 0 Å². The number of carbonyl (C=O) groups is 1. The summed E-state index contributed by atoms with van der Waals surface area (Å²) in [6.45, 7) is 0. The summed E-state index contributed by atoms with van der Waals surface area (Å²) in [5.41, 5.74) is 0.566. The van der Waals surface area contributed by atoms with Gasteiger partial charge >= 0.3 is 5.69 Å². The number of methoxy groups -OCH3 is 1. The van der Waals surface area contributed by atoms with Crippen LogP contribution in [0.25, 0.3) is 5.69 Å². The first-order valence-electron chi connectivity index (χ1n) is 9.76. The molecule has 0 fully saturated rings. The van der Waals surface area contributed by atoms with E-state index in [1.807, 2.05) is 12.1 Å². The highest BCUT2D eigenvalue weighted by Gasteiger charge is 2.18. The number of ether oxygens (including phenoxy) is 1. The summed E-state index contributed by atoms with van der Waals surface area (Å²) < 4.78 is 7.00. The molecule has 11 heteroatoms. The first-order chi connectivity index (χ1) is 15.9. The van der Waals surface area contributed by atoms with Gasteiger partial charge in [0, 0.05) is 34.5 Å². The molecular formula is C22H18ClN5O4S. The van der Waals surface area contributed by atoms with Gasteiger partial charge in [0.15, 0.2) is 10.9 Å². The summed E-state index contributed by atoms with van der Waals surface area (Å²) in [7, 11) is 1.58. The van der Waals surface area contributed by atoms with Crippen molar-refractivity contribution in [2.75, 3.05) is 12.9 Å². The van der Waals surface area contributed by atoms with Crippen LogP contribution in [0.5, 0.6) is 5.75 Å². The lowest BCUT2D eigenvalue weighted by atomic mass is 10.1. The molecule has 33 heavy (non-hydrogen) atoms. The van der Waals surface area contributed by atoms with E-state index in [2.05, 4.69) is 20.2 Å². The fraction of sp³-hybridized carbons (Fsp3) is 0.136. The van der Waals surface area contributed by atoms with Gasteiger partial charge in [0.2, 0.25) is 0 Å². The van der Waals surface area contributed by atoms with Gasteiger partial charge in [0.1, 0.15) is 11.6 Å².